The van der Waals surface area contributed by atoms with Gasteiger partial charge in [0.15, 0.2) is 0 Å². The molecule has 3 nitrogen and oxygen atoms in total. The summed E-state index contributed by atoms with van der Waals surface area (Å²) in [6.07, 6.45) is 5.19. The van der Waals surface area contributed by atoms with Crippen molar-refractivity contribution in [3.05, 3.63) is 0 Å². The molecule has 0 aromatic heterocycles. The minimum Gasteiger partial charge on any atom is -0.330 e. The fourth-order valence-corrected chi connectivity index (χ4v) is 2.42. The summed E-state index contributed by atoms with van der Waals surface area (Å²) in [6, 6.07) is 0. The molecule has 0 radical (unpaired) electrons. The molecule has 16 heavy (non-hydrogen) atoms. The predicted octanol–water partition coefficient (Wildman–Crippen LogP) is 1.39. The van der Waals surface area contributed by atoms with Crippen LogP contribution >= 0.6 is 0 Å². The van der Waals surface area contributed by atoms with Gasteiger partial charge in [-0.25, -0.2) is 0 Å². The topological polar surface area (TPSA) is 32.5 Å². The molecule has 0 saturated carbocycles. The Kier molecular flexibility index (Phi) is 7.01. The van der Waals surface area contributed by atoms with Crippen LogP contribution in [-0.2, 0) is 0 Å². The number of nitrogens with zero attached hydrogens (tertiary/aromatic N) is 2. The van der Waals surface area contributed by atoms with Crippen LogP contribution in [0.4, 0.5) is 0 Å². The molecule has 1 saturated heterocycles. The molecule has 0 aromatic carbocycles. The fraction of sp³-hybridized carbons (Fsp3) is 1.00. The van der Waals surface area contributed by atoms with Gasteiger partial charge in [0.25, 0.3) is 0 Å². The van der Waals surface area contributed by atoms with Gasteiger partial charge in [-0.1, -0.05) is 6.92 Å². The molecule has 0 spiro atoms. The average molecular weight is 227 g/mol. The van der Waals surface area contributed by atoms with Crippen molar-refractivity contribution in [3.8, 4) is 0 Å². The first-order valence-corrected chi connectivity index (χ1v) is 6.83. The van der Waals surface area contributed by atoms with Crippen molar-refractivity contribution in [2.24, 2.45) is 11.7 Å². The van der Waals surface area contributed by atoms with Gasteiger partial charge in [-0.3, -0.25) is 0 Å². The maximum atomic E-state index is 5.56. The van der Waals surface area contributed by atoms with Crippen LogP contribution in [0.2, 0.25) is 0 Å². The Hall–Kier alpha value is -0.120. The first-order valence-electron chi connectivity index (χ1n) is 6.83. The first-order chi connectivity index (χ1) is 7.72. The van der Waals surface area contributed by atoms with Crippen molar-refractivity contribution in [3.63, 3.8) is 0 Å². The SMILES string of the molecule is CC(CCN)CCCN1CCCN(C)CC1. The quantitative estimate of drug-likeness (QED) is 0.744. The smallest absolute Gasteiger partial charge is 0.0109 e. The second-order valence-corrected chi connectivity index (χ2v) is 5.32. The predicted molar refractivity (Wildman–Crippen MR) is 70.6 cm³/mol. The van der Waals surface area contributed by atoms with Crippen molar-refractivity contribution in [2.75, 3.05) is 46.3 Å². The molecule has 1 aliphatic heterocycles. The summed E-state index contributed by atoms with van der Waals surface area (Å²) in [6.45, 7) is 9.48. The largest absolute Gasteiger partial charge is 0.330 e. The normalized spacial score (nSPS) is 21.9. The Balaban J connectivity index is 2.07. The number of likely N-dealkylation sites (N-methyl/N-ethyl adjacent to an activating group) is 1. The van der Waals surface area contributed by atoms with Crippen molar-refractivity contribution in [1.82, 2.24) is 9.80 Å². The van der Waals surface area contributed by atoms with Gasteiger partial charge in [0.05, 0.1) is 0 Å². The zero-order chi connectivity index (χ0) is 11.8. The van der Waals surface area contributed by atoms with E-state index in [-0.39, 0.29) is 0 Å². The van der Waals surface area contributed by atoms with Gasteiger partial charge in [0, 0.05) is 13.1 Å². The van der Waals surface area contributed by atoms with Crippen molar-refractivity contribution in [2.45, 2.75) is 32.6 Å². The molecule has 3 heteroatoms. The number of hydrogen-bond donors (Lipinski definition) is 1. The van der Waals surface area contributed by atoms with Crippen LogP contribution in [-0.4, -0.2) is 56.1 Å². The molecule has 1 atom stereocenters. The van der Waals surface area contributed by atoms with Crippen LogP contribution in [0.1, 0.15) is 32.6 Å². The molecule has 1 unspecified atom stereocenters. The van der Waals surface area contributed by atoms with Gasteiger partial charge >= 0.3 is 0 Å². The molecule has 0 aliphatic carbocycles. The second kappa shape index (κ2) is 8.04. The third-order valence-corrected chi connectivity index (χ3v) is 3.64. The van der Waals surface area contributed by atoms with Crippen molar-refractivity contribution < 1.29 is 0 Å². The third-order valence-electron chi connectivity index (χ3n) is 3.64. The number of nitrogens with two attached hydrogens (primary N) is 1. The fourth-order valence-electron chi connectivity index (χ4n) is 2.42. The van der Waals surface area contributed by atoms with Gasteiger partial charge in [-0.15, -0.1) is 0 Å². The summed E-state index contributed by atoms with van der Waals surface area (Å²) >= 11 is 0. The molecule has 96 valence electrons. The molecular weight excluding hydrogens is 198 g/mol. The average Bonchev–Trinajstić information content (AvgIpc) is 2.44. The van der Waals surface area contributed by atoms with E-state index in [1.165, 1.54) is 58.4 Å². The van der Waals surface area contributed by atoms with Crippen molar-refractivity contribution >= 4 is 0 Å². The van der Waals surface area contributed by atoms with Crippen LogP contribution in [0.3, 0.4) is 0 Å². The van der Waals surface area contributed by atoms with Gasteiger partial charge in [-0.2, -0.15) is 0 Å². The Morgan fingerprint density at radius 2 is 1.94 bits per heavy atom. The van der Waals surface area contributed by atoms with E-state index in [2.05, 4.69) is 23.8 Å². The summed E-state index contributed by atoms with van der Waals surface area (Å²) in [5.74, 6) is 0.805. The van der Waals surface area contributed by atoms with Crippen LogP contribution in [0.15, 0.2) is 0 Å². The first kappa shape index (κ1) is 13.9. The maximum absolute atomic E-state index is 5.56. The Morgan fingerprint density at radius 3 is 2.69 bits per heavy atom. The molecule has 1 heterocycles. The van der Waals surface area contributed by atoms with E-state index in [1.54, 1.807) is 0 Å². The van der Waals surface area contributed by atoms with E-state index in [0.717, 1.165) is 12.5 Å². The molecule has 2 N–H and O–H groups in total. The van der Waals surface area contributed by atoms with Gasteiger partial charge in [0.1, 0.15) is 0 Å². The summed E-state index contributed by atoms with van der Waals surface area (Å²) in [5.41, 5.74) is 5.56. The highest BCUT2D eigenvalue weighted by Crippen LogP contribution is 2.10. The second-order valence-electron chi connectivity index (χ2n) is 5.32. The van der Waals surface area contributed by atoms with E-state index in [0.29, 0.717) is 0 Å². The zero-order valence-electron chi connectivity index (χ0n) is 11.1. The van der Waals surface area contributed by atoms with Crippen LogP contribution in [0.5, 0.6) is 0 Å². The summed E-state index contributed by atoms with van der Waals surface area (Å²) in [5, 5.41) is 0. The lowest BCUT2D eigenvalue weighted by Crippen LogP contribution is -2.30. The number of rotatable bonds is 6. The number of hydrogen-bond acceptors (Lipinski definition) is 3. The molecule has 0 bridgehead atoms. The summed E-state index contributed by atoms with van der Waals surface area (Å²) in [4.78, 5) is 5.07. The molecule has 1 aliphatic rings. The molecule has 0 amide bonds. The molecule has 1 fully saturated rings. The highest BCUT2D eigenvalue weighted by molar-refractivity contribution is 4.67. The summed E-state index contributed by atoms with van der Waals surface area (Å²) < 4.78 is 0. The van der Waals surface area contributed by atoms with E-state index in [1.807, 2.05) is 0 Å². The monoisotopic (exact) mass is 227 g/mol. The van der Waals surface area contributed by atoms with E-state index in [9.17, 15) is 0 Å². The third kappa shape index (κ3) is 5.83. The Morgan fingerprint density at radius 1 is 1.12 bits per heavy atom. The van der Waals surface area contributed by atoms with Crippen LogP contribution in [0, 0.1) is 5.92 Å². The van der Waals surface area contributed by atoms with Crippen LogP contribution < -0.4 is 5.73 Å². The van der Waals surface area contributed by atoms with Gasteiger partial charge < -0.3 is 15.5 Å². The highest BCUT2D eigenvalue weighted by atomic mass is 15.2. The standard InChI is InChI=1S/C13H29N3/c1-13(6-7-14)5-3-9-16-10-4-8-15(2)11-12-16/h13H,3-12,14H2,1-2H3. The molecule has 1 rings (SSSR count). The van der Waals surface area contributed by atoms with E-state index in [4.69, 9.17) is 5.73 Å². The minimum atomic E-state index is 0.805. The zero-order valence-corrected chi connectivity index (χ0v) is 11.1. The Bertz CT molecular complexity index is 173. The van der Waals surface area contributed by atoms with Crippen molar-refractivity contribution in [1.29, 1.82) is 0 Å². The van der Waals surface area contributed by atoms with Crippen LogP contribution in [0.25, 0.3) is 0 Å². The highest BCUT2D eigenvalue weighted by Gasteiger charge is 2.11. The maximum Gasteiger partial charge on any atom is 0.0109 e. The molecular formula is C13H29N3. The lowest BCUT2D eigenvalue weighted by atomic mass is 10.0. The minimum absolute atomic E-state index is 0.805. The summed E-state index contributed by atoms with van der Waals surface area (Å²) in [7, 11) is 2.23. The molecule has 0 aromatic rings. The Labute approximate surface area is 101 Å². The van der Waals surface area contributed by atoms with Gasteiger partial charge in [0.2, 0.25) is 0 Å². The van der Waals surface area contributed by atoms with E-state index >= 15 is 0 Å². The lowest BCUT2D eigenvalue weighted by molar-refractivity contribution is 0.264. The van der Waals surface area contributed by atoms with Gasteiger partial charge in [-0.05, 0) is 64.8 Å². The van der Waals surface area contributed by atoms with E-state index < -0.39 is 0 Å². The lowest BCUT2D eigenvalue weighted by Gasteiger charge is -2.20.